The molecule has 0 aliphatic heterocycles. The van der Waals surface area contributed by atoms with Gasteiger partial charge in [-0.1, -0.05) is 36.4 Å². The molecule has 2 heteroatoms. The molecule has 1 heterocycles. The van der Waals surface area contributed by atoms with Crippen LogP contribution in [0, 0.1) is 0 Å². The van der Waals surface area contributed by atoms with Crippen LogP contribution in [0.15, 0.2) is 48.8 Å². The van der Waals surface area contributed by atoms with Gasteiger partial charge in [0, 0.05) is 18.0 Å². The Balaban J connectivity index is 2.14. The highest BCUT2D eigenvalue weighted by atomic mass is 16.1. The minimum atomic E-state index is 0.0923. The molecule has 2 aromatic rings. The second-order valence-corrected chi connectivity index (χ2v) is 3.79. The number of benzene rings is 1. The first-order chi connectivity index (χ1) is 8.25. The summed E-state index contributed by atoms with van der Waals surface area (Å²) in [6.45, 7) is 1.57. The molecule has 2 nitrogen and oxygen atoms in total. The third-order valence-corrected chi connectivity index (χ3v) is 2.49. The number of aromatic nitrogens is 1. The van der Waals surface area contributed by atoms with Gasteiger partial charge in [-0.2, -0.15) is 0 Å². The van der Waals surface area contributed by atoms with Gasteiger partial charge in [-0.25, -0.2) is 0 Å². The van der Waals surface area contributed by atoms with Crippen molar-refractivity contribution >= 4 is 17.9 Å². The summed E-state index contributed by atoms with van der Waals surface area (Å²) >= 11 is 0. The Morgan fingerprint density at radius 2 is 1.47 bits per heavy atom. The maximum Gasteiger partial charge on any atom is 0.159 e. The molecule has 0 saturated heterocycles. The van der Waals surface area contributed by atoms with Gasteiger partial charge in [-0.15, -0.1) is 0 Å². The molecule has 0 unspecified atom stereocenters. The van der Waals surface area contributed by atoms with Gasteiger partial charge in [0.1, 0.15) is 0 Å². The molecule has 0 aliphatic carbocycles. The van der Waals surface area contributed by atoms with Gasteiger partial charge in [0.15, 0.2) is 5.78 Å². The van der Waals surface area contributed by atoms with E-state index in [4.69, 9.17) is 0 Å². The number of rotatable bonds is 3. The summed E-state index contributed by atoms with van der Waals surface area (Å²) in [6, 6.07) is 11.5. The number of pyridine rings is 1. The van der Waals surface area contributed by atoms with Crippen LogP contribution in [0.2, 0.25) is 0 Å². The highest BCUT2D eigenvalue weighted by molar-refractivity contribution is 5.94. The summed E-state index contributed by atoms with van der Waals surface area (Å²) in [6.07, 6.45) is 7.56. The van der Waals surface area contributed by atoms with Crippen molar-refractivity contribution in [2.75, 3.05) is 0 Å². The number of Topliss-reactive ketones (excluding diaryl/α,β-unsaturated/α-hetero) is 1. The fraction of sp³-hybridized carbons (Fsp3) is 0.0667. The smallest absolute Gasteiger partial charge is 0.159 e. The van der Waals surface area contributed by atoms with Gasteiger partial charge in [0.05, 0.1) is 0 Å². The molecule has 0 amide bonds. The number of hydrogen-bond donors (Lipinski definition) is 0. The average molecular weight is 223 g/mol. The Morgan fingerprint density at radius 3 is 2.00 bits per heavy atom. The number of carbonyl (C=O) groups is 1. The lowest BCUT2D eigenvalue weighted by Gasteiger charge is -1.97. The highest BCUT2D eigenvalue weighted by Crippen LogP contribution is 2.09. The van der Waals surface area contributed by atoms with Crippen LogP contribution in [0.5, 0.6) is 0 Å². The number of nitrogens with zero attached hydrogens (tertiary/aromatic N) is 1. The second-order valence-electron chi connectivity index (χ2n) is 3.79. The fourth-order valence-electron chi connectivity index (χ4n) is 1.50. The standard InChI is InChI=1S/C15H13NO/c1-12(17)15-6-4-13(5-7-15)2-3-14-8-10-16-11-9-14/h2-11H,1H3. The van der Waals surface area contributed by atoms with Crippen LogP contribution in [0.25, 0.3) is 12.2 Å². The molecule has 0 bridgehead atoms. The molecule has 1 aromatic carbocycles. The molecule has 0 saturated carbocycles. The van der Waals surface area contributed by atoms with Gasteiger partial charge in [0.2, 0.25) is 0 Å². The Bertz CT molecular complexity index is 527. The van der Waals surface area contributed by atoms with Crippen molar-refractivity contribution in [2.24, 2.45) is 0 Å². The SMILES string of the molecule is CC(=O)c1ccc(C=Cc2ccncc2)cc1. The zero-order chi connectivity index (χ0) is 12.1. The molecule has 1 aromatic heterocycles. The Kier molecular flexibility index (Phi) is 3.46. The number of carbonyl (C=O) groups excluding carboxylic acids is 1. The first-order valence-electron chi connectivity index (χ1n) is 5.45. The molecule has 17 heavy (non-hydrogen) atoms. The van der Waals surface area contributed by atoms with Crippen molar-refractivity contribution in [1.29, 1.82) is 0 Å². The van der Waals surface area contributed by atoms with Crippen molar-refractivity contribution < 1.29 is 4.79 Å². The molecule has 0 N–H and O–H groups in total. The van der Waals surface area contributed by atoms with Crippen molar-refractivity contribution in [3.63, 3.8) is 0 Å². The zero-order valence-electron chi connectivity index (χ0n) is 9.63. The molecule has 2 rings (SSSR count). The molecule has 0 atom stereocenters. The minimum Gasteiger partial charge on any atom is -0.295 e. The normalized spacial score (nSPS) is 10.6. The quantitative estimate of drug-likeness (QED) is 0.746. The largest absolute Gasteiger partial charge is 0.295 e. The monoisotopic (exact) mass is 223 g/mol. The second kappa shape index (κ2) is 5.21. The maximum atomic E-state index is 11.1. The predicted molar refractivity (Wildman–Crippen MR) is 69.6 cm³/mol. The summed E-state index contributed by atoms with van der Waals surface area (Å²) in [4.78, 5) is 15.1. The first kappa shape index (κ1) is 11.3. The molecular weight excluding hydrogens is 210 g/mol. The topological polar surface area (TPSA) is 30.0 Å². The maximum absolute atomic E-state index is 11.1. The van der Waals surface area contributed by atoms with Crippen LogP contribution in [0.1, 0.15) is 28.4 Å². The Hall–Kier alpha value is -2.22. The van der Waals surface area contributed by atoms with Crippen LogP contribution >= 0.6 is 0 Å². The first-order valence-corrected chi connectivity index (χ1v) is 5.45. The van der Waals surface area contributed by atoms with Crippen LogP contribution < -0.4 is 0 Å². The summed E-state index contributed by atoms with van der Waals surface area (Å²) in [7, 11) is 0. The van der Waals surface area contributed by atoms with Gasteiger partial charge in [-0.3, -0.25) is 9.78 Å². The molecule has 0 spiro atoms. The van der Waals surface area contributed by atoms with Gasteiger partial charge in [-0.05, 0) is 30.2 Å². The summed E-state index contributed by atoms with van der Waals surface area (Å²) in [5.74, 6) is 0.0923. The van der Waals surface area contributed by atoms with Crippen LogP contribution in [0.3, 0.4) is 0 Å². The lowest BCUT2D eigenvalue weighted by Crippen LogP contribution is -1.90. The van der Waals surface area contributed by atoms with E-state index in [2.05, 4.69) is 4.98 Å². The van der Waals surface area contributed by atoms with Crippen LogP contribution in [-0.2, 0) is 0 Å². The van der Waals surface area contributed by atoms with Crippen LogP contribution in [-0.4, -0.2) is 10.8 Å². The van der Waals surface area contributed by atoms with E-state index in [1.165, 1.54) is 0 Å². The minimum absolute atomic E-state index is 0.0923. The van der Waals surface area contributed by atoms with E-state index >= 15 is 0 Å². The number of hydrogen-bond acceptors (Lipinski definition) is 2. The van der Waals surface area contributed by atoms with E-state index in [0.29, 0.717) is 0 Å². The van der Waals surface area contributed by atoms with E-state index in [1.807, 2.05) is 48.6 Å². The van der Waals surface area contributed by atoms with Crippen molar-refractivity contribution in [1.82, 2.24) is 4.98 Å². The predicted octanol–water partition coefficient (Wildman–Crippen LogP) is 3.45. The Morgan fingerprint density at radius 1 is 0.941 bits per heavy atom. The molecular formula is C15H13NO. The lowest BCUT2D eigenvalue weighted by atomic mass is 10.1. The van der Waals surface area contributed by atoms with E-state index in [-0.39, 0.29) is 5.78 Å². The van der Waals surface area contributed by atoms with E-state index in [1.54, 1.807) is 19.3 Å². The van der Waals surface area contributed by atoms with Gasteiger partial charge < -0.3 is 0 Å². The van der Waals surface area contributed by atoms with Gasteiger partial charge in [0.25, 0.3) is 0 Å². The van der Waals surface area contributed by atoms with Gasteiger partial charge >= 0.3 is 0 Å². The highest BCUT2D eigenvalue weighted by Gasteiger charge is 1.96. The Labute approximate surface area is 101 Å². The van der Waals surface area contributed by atoms with Crippen molar-refractivity contribution in [3.05, 3.63) is 65.5 Å². The molecule has 84 valence electrons. The average Bonchev–Trinajstić information content (AvgIpc) is 2.38. The third kappa shape index (κ3) is 3.11. The van der Waals surface area contributed by atoms with E-state index < -0.39 is 0 Å². The zero-order valence-corrected chi connectivity index (χ0v) is 9.63. The molecule has 0 fully saturated rings. The van der Waals surface area contributed by atoms with E-state index in [0.717, 1.165) is 16.7 Å². The third-order valence-electron chi connectivity index (χ3n) is 2.49. The van der Waals surface area contributed by atoms with Crippen molar-refractivity contribution in [3.8, 4) is 0 Å². The van der Waals surface area contributed by atoms with Crippen molar-refractivity contribution in [2.45, 2.75) is 6.92 Å². The van der Waals surface area contributed by atoms with E-state index in [9.17, 15) is 4.79 Å². The van der Waals surface area contributed by atoms with Crippen LogP contribution in [0.4, 0.5) is 0 Å². The summed E-state index contributed by atoms with van der Waals surface area (Å²) in [5.41, 5.74) is 2.92. The summed E-state index contributed by atoms with van der Waals surface area (Å²) in [5, 5.41) is 0. The molecule has 0 aliphatic rings. The molecule has 0 radical (unpaired) electrons. The fourth-order valence-corrected chi connectivity index (χ4v) is 1.50. The summed E-state index contributed by atoms with van der Waals surface area (Å²) < 4.78 is 0. The lowest BCUT2D eigenvalue weighted by molar-refractivity contribution is 0.101. The number of ketones is 1.